The van der Waals surface area contributed by atoms with Crippen molar-refractivity contribution in [1.29, 1.82) is 0 Å². The van der Waals surface area contributed by atoms with E-state index in [2.05, 4.69) is 10.2 Å². The number of pyridine rings is 1. The maximum atomic E-state index is 15.3. The Labute approximate surface area is 298 Å². The van der Waals surface area contributed by atoms with Gasteiger partial charge in [0.25, 0.3) is 0 Å². The van der Waals surface area contributed by atoms with Crippen LogP contribution in [0.1, 0.15) is 57.4 Å². The van der Waals surface area contributed by atoms with Gasteiger partial charge in [-0.15, -0.1) is 0 Å². The van der Waals surface area contributed by atoms with E-state index in [9.17, 15) is 19.9 Å². The molecule has 7 rings (SSSR count). The average molecular weight is 726 g/mol. The van der Waals surface area contributed by atoms with Crippen LogP contribution in [0.4, 0.5) is 10.1 Å². The molecule has 4 aromatic rings. The zero-order valence-corrected chi connectivity index (χ0v) is 29.0. The van der Waals surface area contributed by atoms with Crippen LogP contribution in [0, 0.1) is 11.7 Å². The largest absolute Gasteiger partial charge is 0.493 e. The van der Waals surface area contributed by atoms with E-state index >= 15 is 4.39 Å². The molecule has 4 heterocycles. The van der Waals surface area contributed by atoms with Gasteiger partial charge in [0.15, 0.2) is 17.5 Å². The highest BCUT2D eigenvalue weighted by Crippen LogP contribution is 2.40. The minimum atomic E-state index is -1.23. The number of aromatic carboxylic acids is 1. The predicted molar refractivity (Wildman–Crippen MR) is 184 cm³/mol. The van der Waals surface area contributed by atoms with Gasteiger partial charge in [-0.1, -0.05) is 47.5 Å². The number of fused-ring (bicyclic) bond motifs is 3. The predicted octanol–water partition coefficient (Wildman–Crippen LogP) is 6.54. The van der Waals surface area contributed by atoms with Gasteiger partial charge in [-0.2, -0.15) is 0 Å². The lowest BCUT2D eigenvalue weighted by Crippen LogP contribution is -2.52. The molecule has 3 aliphatic rings. The van der Waals surface area contributed by atoms with Gasteiger partial charge in [-0.3, -0.25) is 10.1 Å². The summed E-state index contributed by atoms with van der Waals surface area (Å²) in [7, 11) is 3.00. The van der Waals surface area contributed by atoms with E-state index < -0.39 is 29.7 Å². The summed E-state index contributed by atoms with van der Waals surface area (Å²) in [4.78, 5) is 28.9. The van der Waals surface area contributed by atoms with Gasteiger partial charge in [0.2, 0.25) is 12.4 Å². The molecule has 3 N–H and O–H groups in total. The van der Waals surface area contributed by atoms with E-state index in [0.29, 0.717) is 40.4 Å². The third-order valence-electron chi connectivity index (χ3n) is 9.57. The van der Waals surface area contributed by atoms with Crippen molar-refractivity contribution in [3.05, 3.63) is 117 Å². The molecule has 3 fully saturated rings. The molecule has 0 radical (unpaired) electrons. The van der Waals surface area contributed by atoms with Crippen molar-refractivity contribution in [2.45, 2.75) is 37.3 Å². The van der Waals surface area contributed by atoms with E-state index in [-0.39, 0.29) is 39.6 Å². The summed E-state index contributed by atoms with van der Waals surface area (Å²) < 4.78 is 33.1. The number of methoxy groups -OCH3 is 2. The van der Waals surface area contributed by atoms with Gasteiger partial charge in [-0.05, 0) is 85.8 Å². The number of halogens is 3. The number of esters is 1. The molecule has 2 unspecified atom stereocenters. The maximum absolute atomic E-state index is 15.3. The third kappa shape index (κ3) is 7.45. The molecular weight excluding hydrogens is 688 g/mol. The molecule has 3 aliphatic heterocycles. The molecular formula is C37H37Cl2FN3O7+. The lowest BCUT2D eigenvalue weighted by Gasteiger charge is -2.44. The molecule has 0 spiro atoms. The summed E-state index contributed by atoms with van der Waals surface area (Å²) in [6, 6.07) is 14.6. The number of rotatable bonds is 12. The minimum absolute atomic E-state index is 0.0203. The Hall–Kier alpha value is -4.58. The second kappa shape index (κ2) is 15.1. The molecule has 0 saturated carbocycles. The molecule has 0 amide bonds. The Morgan fingerprint density at radius 1 is 0.980 bits per heavy atom. The van der Waals surface area contributed by atoms with Crippen molar-refractivity contribution < 1.29 is 43.2 Å². The van der Waals surface area contributed by atoms with E-state index in [1.807, 2.05) is 0 Å². The van der Waals surface area contributed by atoms with E-state index in [4.69, 9.17) is 37.4 Å². The number of nitrogens with zero attached hydrogens (tertiary/aromatic N) is 2. The lowest BCUT2D eigenvalue weighted by molar-refractivity contribution is -0.904. The van der Waals surface area contributed by atoms with Crippen LogP contribution in [0.2, 0.25) is 10.0 Å². The molecule has 3 atom stereocenters. The fraction of sp³-hybridized carbons (Fsp3) is 0.324. The minimum Gasteiger partial charge on any atom is -0.493 e. The molecule has 3 aromatic carbocycles. The Kier molecular flexibility index (Phi) is 10.7. The normalized spacial score (nSPS) is 19.3. The summed E-state index contributed by atoms with van der Waals surface area (Å²) >= 11 is 13.1. The summed E-state index contributed by atoms with van der Waals surface area (Å²) in [5.74, 6) is -1.98. The molecule has 262 valence electrons. The van der Waals surface area contributed by atoms with Gasteiger partial charge in [-0.25, -0.2) is 14.0 Å². The summed E-state index contributed by atoms with van der Waals surface area (Å²) in [5.41, 5.74) is 1.88. The number of piperidine rings is 3. The van der Waals surface area contributed by atoms with Crippen LogP contribution < -0.4 is 19.5 Å². The first-order valence-electron chi connectivity index (χ1n) is 16.2. The van der Waals surface area contributed by atoms with Gasteiger partial charge in [0.05, 0.1) is 19.8 Å². The molecule has 3 saturated heterocycles. The molecule has 0 aliphatic carbocycles. The number of hydrogen-bond donors (Lipinski definition) is 3. The van der Waals surface area contributed by atoms with Crippen LogP contribution in [0.3, 0.4) is 0 Å². The number of carboxylic acids is 1. The smallest absolute Gasteiger partial charge is 0.335 e. The van der Waals surface area contributed by atoms with Crippen LogP contribution in [-0.2, 0) is 16.0 Å². The first kappa shape index (κ1) is 35.3. The highest BCUT2D eigenvalue weighted by atomic mass is 35.5. The number of anilines is 1. The van der Waals surface area contributed by atoms with Gasteiger partial charge < -0.3 is 24.6 Å². The Balaban J connectivity index is 1.43. The van der Waals surface area contributed by atoms with E-state index in [1.54, 1.807) is 36.4 Å². The molecule has 10 nitrogen and oxygen atoms in total. The van der Waals surface area contributed by atoms with E-state index in [0.717, 1.165) is 30.7 Å². The fourth-order valence-corrected chi connectivity index (χ4v) is 7.56. The molecule has 1 aromatic heterocycles. The number of aromatic nitrogens is 1. The number of carbonyl (C=O) groups is 2. The monoisotopic (exact) mass is 724 g/mol. The fourth-order valence-electron chi connectivity index (χ4n) is 6.95. The van der Waals surface area contributed by atoms with Gasteiger partial charge in [0, 0.05) is 34.0 Å². The third-order valence-corrected chi connectivity index (χ3v) is 10.2. The Morgan fingerprint density at radius 3 is 2.30 bits per heavy atom. The average Bonchev–Trinajstić information content (AvgIpc) is 3.10. The second-order valence-electron chi connectivity index (χ2n) is 12.5. The zero-order valence-electron chi connectivity index (χ0n) is 27.4. The van der Waals surface area contributed by atoms with Crippen molar-refractivity contribution in [3.63, 3.8) is 0 Å². The van der Waals surface area contributed by atoms with Crippen LogP contribution >= 0.6 is 23.2 Å². The van der Waals surface area contributed by atoms with Crippen molar-refractivity contribution in [2.75, 3.05) is 39.2 Å². The summed E-state index contributed by atoms with van der Waals surface area (Å²) in [5, 5.41) is 23.9. The summed E-state index contributed by atoms with van der Waals surface area (Å²) in [6.07, 6.45) is 4.23. The molecule has 2 bridgehead atoms. The van der Waals surface area contributed by atoms with Gasteiger partial charge in [0.1, 0.15) is 22.0 Å². The van der Waals surface area contributed by atoms with Crippen LogP contribution in [0.5, 0.6) is 11.5 Å². The number of ether oxygens (including phenoxy) is 3. The Bertz CT molecular complexity index is 1880. The number of benzene rings is 3. The van der Waals surface area contributed by atoms with Gasteiger partial charge >= 0.3 is 11.9 Å². The Morgan fingerprint density at radius 2 is 1.68 bits per heavy atom. The number of carboxylic acid groups (broad SMARTS) is 1. The lowest BCUT2D eigenvalue weighted by atomic mass is 9.83. The van der Waals surface area contributed by atoms with Crippen molar-refractivity contribution in [1.82, 2.24) is 4.90 Å². The SMILES string of the molecule is COc1ccc(C(Cc2c(Cl)c[n+](O)cc2Cl)c2cc(NC(C(=O)O[C@H]3CN4CCC3CC4)c3ccccc3F)ccc2C(=O)O)cc1OC. The maximum Gasteiger partial charge on any atom is 0.335 e. The quantitative estimate of drug-likeness (QED) is 0.0850. The first-order chi connectivity index (χ1) is 24.1. The van der Waals surface area contributed by atoms with Crippen molar-refractivity contribution >= 4 is 40.8 Å². The summed E-state index contributed by atoms with van der Waals surface area (Å²) in [6.45, 7) is 2.56. The van der Waals surface area contributed by atoms with E-state index in [1.165, 1.54) is 50.9 Å². The van der Waals surface area contributed by atoms with Crippen LogP contribution in [0.15, 0.2) is 73.1 Å². The number of nitrogens with one attached hydrogen (secondary N) is 1. The van der Waals surface area contributed by atoms with Crippen molar-refractivity contribution in [2.24, 2.45) is 5.92 Å². The second-order valence-corrected chi connectivity index (χ2v) is 13.3. The van der Waals surface area contributed by atoms with Crippen LogP contribution in [-0.4, -0.2) is 67.1 Å². The zero-order chi connectivity index (χ0) is 35.5. The molecule has 13 heteroatoms. The first-order valence-corrected chi connectivity index (χ1v) is 16.9. The van der Waals surface area contributed by atoms with Crippen LogP contribution in [0.25, 0.3) is 0 Å². The van der Waals surface area contributed by atoms with Crippen molar-refractivity contribution in [3.8, 4) is 11.5 Å². The standard InChI is InChI=1S/C37H36Cl2FN3O7/c1-48-32-10-7-22(15-33(32)49-2)26(17-28-29(38)18-43(47)19-30(28)39)27-16-23(8-9-24(27)36(44)45)41-35(25-5-3-4-6-31(25)40)37(46)50-34-20-42-13-11-21(34)12-14-42/h3-10,15-16,18-19,21,26,34-35,41H,11-14,17,20H2,1-2H3,(H-,44,45,47)/p+1/t26?,34-,35?/m0/s1. The number of carbonyl (C=O) groups excluding carboxylic acids is 1. The topological polar surface area (TPSA) is 121 Å². The molecule has 50 heavy (non-hydrogen) atoms. The highest BCUT2D eigenvalue weighted by Gasteiger charge is 2.38. The highest BCUT2D eigenvalue weighted by molar-refractivity contribution is 6.35. The number of hydrogen-bond acceptors (Lipinski definition) is 8.